The molecule has 0 heterocycles. The minimum atomic E-state index is -0.280. The summed E-state index contributed by atoms with van der Waals surface area (Å²) in [4.78, 5) is 2.85. The van der Waals surface area contributed by atoms with Crippen LogP contribution in [0, 0.1) is 5.92 Å². The van der Waals surface area contributed by atoms with E-state index in [1.54, 1.807) is 0 Å². The van der Waals surface area contributed by atoms with Gasteiger partial charge in [-0.3, -0.25) is 0 Å². The highest BCUT2D eigenvalue weighted by atomic mass is 16.3. The van der Waals surface area contributed by atoms with Crippen molar-refractivity contribution >= 4 is 0 Å². The molecule has 0 aliphatic carbocycles. The van der Waals surface area contributed by atoms with E-state index in [4.69, 9.17) is 16.4 Å². The van der Waals surface area contributed by atoms with Gasteiger partial charge in [0.1, 0.15) is 0 Å². The SMILES string of the molecule is CC(CO)CC(N=[N+]=[N-])C(N)Cc1ccccc1. The van der Waals surface area contributed by atoms with E-state index in [1.807, 2.05) is 37.3 Å². The standard InChI is InChI=1S/C13H20N4O/c1-10(9-18)7-13(16-17-15)12(14)8-11-5-3-2-4-6-11/h2-6,10,12-13,18H,7-9,14H2,1H3. The Balaban J connectivity index is 2.65. The van der Waals surface area contributed by atoms with Crippen LogP contribution < -0.4 is 5.73 Å². The van der Waals surface area contributed by atoms with E-state index in [9.17, 15) is 0 Å². The van der Waals surface area contributed by atoms with Crippen molar-refractivity contribution in [1.29, 1.82) is 0 Å². The van der Waals surface area contributed by atoms with Gasteiger partial charge in [-0.2, -0.15) is 0 Å². The minimum Gasteiger partial charge on any atom is -0.396 e. The first-order chi connectivity index (χ1) is 8.67. The third kappa shape index (κ3) is 4.75. The molecule has 0 saturated carbocycles. The summed E-state index contributed by atoms with van der Waals surface area (Å²) in [6, 6.07) is 9.37. The van der Waals surface area contributed by atoms with Crippen molar-refractivity contribution in [3.05, 3.63) is 46.3 Å². The maximum Gasteiger partial charge on any atom is 0.0531 e. The molecule has 0 spiro atoms. The Kier molecular flexibility index (Phi) is 6.22. The van der Waals surface area contributed by atoms with Gasteiger partial charge in [-0.05, 0) is 29.9 Å². The molecule has 0 fully saturated rings. The monoisotopic (exact) mass is 248 g/mol. The molecule has 98 valence electrons. The fourth-order valence-corrected chi connectivity index (χ4v) is 1.88. The second-order valence-corrected chi connectivity index (χ2v) is 4.65. The zero-order chi connectivity index (χ0) is 13.4. The lowest BCUT2D eigenvalue weighted by Crippen LogP contribution is -2.36. The first-order valence-corrected chi connectivity index (χ1v) is 6.12. The normalized spacial score (nSPS) is 15.5. The van der Waals surface area contributed by atoms with E-state index < -0.39 is 0 Å². The molecule has 0 saturated heterocycles. The molecular formula is C13H20N4O. The lowest BCUT2D eigenvalue weighted by Gasteiger charge is -2.21. The zero-order valence-electron chi connectivity index (χ0n) is 10.6. The van der Waals surface area contributed by atoms with E-state index in [0.717, 1.165) is 5.56 Å². The van der Waals surface area contributed by atoms with E-state index in [2.05, 4.69) is 10.0 Å². The first kappa shape index (κ1) is 14.5. The lowest BCUT2D eigenvalue weighted by atomic mass is 9.93. The number of rotatable bonds is 7. The van der Waals surface area contributed by atoms with Crippen LogP contribution in [0.3, 0.4) is 0 Å². The number of azide groups is 1. The number of aliphatic hydroxyl groups is 1. The third-order valence-electron chi connectivity index (χ3n) is 2.96. The number of aliphatic hydroxyl groups excluding tert-OH is 1. The maximum absolute atomic E-state index is 9.05. The van der Waals surface area contributed by atoms with Gasteiger partial charge in [-0.15, -0.1) is 0 Å². The van der Waals surface area contributed by atoms with Crippen LogP contribution in [0.1, 0.15) is 18.9 Å². The number of nitrogens with zero attached hydrogens (tertiary/aromatic N) is 3. The van der Waals surface area contributed by atoms with Crippen LogP contribution in [-0.4, -0.2) is 23.8 Å². The summed E-state index contributed by atoms with van der Waals surface area (Å²) >= 11 is 0. The molecule has 5 nitrogen and oxygen atoms in total. The molecule has 0 aliphatic rings. The third-order valence-corrected chi connectivity index (χ3v) is 2.96. The molecule has 3 unspecified atom stereocenters. The summed E-state index contributed by atoms with van der Waals surface area (Å²) in [5.41, 5.74) is 15.8. The first-order valence-electron chi connectivity index (χ1n) is 6.12. The number of hydrogen-bond donors (Lipinski definition) is 2. The molecule has 3 atom stereocenters. The average molecular weight is 248 g/mol. The number of nitrogens with two attached hydrogens (primary N) is 1. The van der Waals surface area contributed by atoms with Gasteiger partial charge >= 0.3 is 0 Å². The Morgan fingerprint density at radius 2 is 2.06 bits per heavy atom. The van der Waals surface area contributed by atoms with Gasteiger partial charge in [-0.25, -0.2) is 0 Å². The summed E-state index contributed by atoms with van der Waals surface area (Å²) < 4.78 is 0. The average Bonchev–Trinajstić information content (AvgIpc) is 2.39. The smallest absolute Gasteiger partial charge is 0.0531 e. The van der Waals surface area contributed by atoms with Crippen molar-refractivity contribution < 1.29 is 5.11 Å². The van der Waals surface area contributed by atoms with Gasteiger partial charge in [0.15, 0.2) is 0 Å². The van der Waals surface area contributed by atoms with E-state index in [1.165, 1.54) is 0 Å². The maximum atomic E-state index is 9.05. The van der Waals surface area contributed by atoms with Crippen LogP contribution in [-0.2, 0) is 6.42 Å². The Morgan fingerprint density at radius 1 is 1.39 bits per heavy atom. The summed E-state index contributed by atoms with van der Waals surface area (Å²) in [6.07, 6.45) is 1.28. The highest BCUT2D eigenvalue weighted by molar-refractivity contribution is 5.16. The molecule has 0 bridgehead atoms. The van der Waals surface area contributed by atoms with E-state index in [-0.39, 0.29) is 24.6 Å². The van der Waals surface area contributed by atoms with Gasteiger partial charge in [0.2, 0.25) is 0 Å². The van der Waals surface area contributed by atoms with Gasteiger partial charge in [-0.1, -0.05) is 42.4 Å². The Bertz CT molecular complexity index is 389. The Labute approximate surface area is 107 Å². The topological polar surface area (TPSA) is 95.0 Å². The van der Waals surface area contributed by atoms with Crippen molar-refractivity contribution in [3.63, 3.8) is 0 Å². The summed E-state index contributed by atoms with van der Waals surface area (Å²) in [6.45, 7) is 1.99. The van der Waals surface area contributed by atoms with Crippen LogP contribution in [0.4, 0.5) is 0 Å². The van der Waals surface area contributed by atoms with Crippen molar-refractivity contribution in [2.75, 3.05) is 6.61 Å². The molecule has 1 aromatic rings. The van der Waals surface area contributed by atoms with Crippen LogP contribution in [0.5, 0.6) is 0 Å². The number of hydrogen-bond acceptors (Lipinski definition) is 3. The van der Waals surface area contributed by atoms with E-state index in [0.29, 0.717) is 12.8 Å². The Hall–Kier alpha value is -1.55. The number of benzene rings is 1. The van der Waals surface area contributed by atoms with Gasteiger partial charge in [0, 0.05) is 17.6 Å². The molecule has 0 aromatic heterocycles. The zero-order valence-corrected chi connectivity index (χ0v) is 10.6. The molecule has 0 radical (unpaired) electrons. The Morgan fingerprint density at radius 3 is 2.61 bits per heavy atom. The molecule has 1 rings (SSSR count). The highest BCUT2D eigenvalue weighted by Gasteiger charge is 2.19. The fraction of sp³-hybridized carbons (Fsp3) is 0.538. The second kappa shape index (κ2) is 7.71. The van der Waals surface area contributed by atoms with Crippen molar-refractivity contribution in [2.45, 2.75) is 31.8 Å². The van der Waals surface area contributed by atoms with Crippen LogP contribution >= 0.6 is 0 Å². The van der Waals surface area contributed by atoms with Crippen LogP contribution in [0.25, 0.3) is 10.4 Å². The quantitative estimate of drug-likeness (QED) is 0.440. The molecule has 1 aromatic carbocycles. The predicted molar refractivity (Wildman–Crippen MR) is 71.9 cm³/mol. The highest BCUT2D eigenvalue weighted by Crippen LogP contribution is 2.14. The molecule has 5 heteroatoms. The molecule has 3 N–H and O–H groups in total. The summed E-state index contributed by atoms with van der Waals surface area (Å²) in [7, 11) is 0. The molecule has 18 heavy (non-hydrogen) atoms. The van der Waals surface area contributed by atoms with Crippen LogP contribution in [0.15, 0.2) is 35.4 Å². The largest absolute Gasteiger partial charge is 0.396 e. The van der Waals surface area contributed by atoms with Crippen LogP contribution in [0.2, 0.25) is 0 Å². The van der Waals surface area contributed by atoms with Crippen molar-refractivity contribution in [3.8, 4) is 0 Å². The van der Waals surface area contributed by atoms with Gasteiger partial charge in [0.25, 0.3) is 0 Å². The minimum absolute atomic E-state index is 0.0789. The molecule has 0 amide bonds. The van der Waals surface area contributed by atoms with Crippen molar-refractivity contribution in [1.82, 2.24) is 0 Å². The van der Waals surface area contributed by atoms with Crippen molar-refractivity contribution in [2.24, 2.45) is 16.8 Å². The lowest BCUT2D eigenvalue weighted by molar-refractivity contribution is 0.219. The van der Waals surface area contributed by atoms with Gasteiger partial charge < -0.3 is 10.8 Å². The summed E-state index contributed by atoms with van der Waals surface area (Å²) in [5.74, 6) is 0.0855. The fourth-order valence-electron chi connectivity index (χ4n) is 1.88. The second-order valence-electron chi connectivity index (χ2n) is 4.65. The summed E-state index contributed by atoms with van der Waals surface area (Å²) in [5, 5.41) is 12.8. The molecular weight excluding hydrogens is 228 g/mol. The van der Waals surface area contributed by atoms with E-state index >= 15 is 0 Å². The molecule has 0 aliphatic heterocycles. The predicted octanol–water partition coefficient (Wildman–Crippen LogP) is 2.25. The van der Waals surface area contributed by atoms with Gasteiger partial charge in [0.05, 0.1) is 6.04 Å².